The SMILES string of the molecule is Cc1ccc(S(=O)(=O)N2c3ccc(F)cc3C[C@@H]2CC=C(c2ccccc2)c2ccccc2)cc1. The molecule has 0 saturated heterocycles. The smallest absolute Gasteiger partial charge is 0.262 e. The molecule has 0 spiro atoms. The molecular formula is C30H26FNO2S. The maximum atomic E-state index is 14.1. The minimum atomic E-state index is -3.83. The van der Waals surface area contributed by atoms with E-state index in [1.165, 1.54) is 16.4 Å². The van der Waals surface area contributed by atoms with Crippen molar-refractivity contribution in [3.63, 3.8) is 0 Å². The highest BCUT2D eigenvalue weighted by molar-refractivity contribution is 7.92. The maximum Gasteiger partial charge on any atom is 0.264 e. The lowest BCUT2D eigenvalue weighted by atomic mass is 9.95. The minimum Gasteiger partial charge on any atom is -0.262 e. The van der Waals surface area contributed by atoms with E-state index in [1.807, 2.05) is 43.3 Å². The van der Waals surface area contributed by atoms with E-state index < -0.39 is 10.0 Å². The molecule has 0 amide bonds. The van der Waals surface area contributed by atoms with Crippen LogP contribution in [0.25, 0.3) is 5.57 Å². The van der Waals surface area contributed by atoms with E-state index in [0.29, 0.717) is 24.1 Å². The average Bonchev–Trinajstić information content (AvgIpc) is 3.24. The fraction of sp³-hybridized carbons (Fsp3) is 0.133. The molecule has 5 heteroatoms. The summed E-state index contributed by atoms with van der Waals surface area (Å²) in [6.07, 6.45) is 3.04. The second kappa shape index (κ2) is 9.51. The van der Waals surface area contributed by atoms with Gasteiger partial charge >= 0.3 is 0 Å². The normalized spacial score (nSPS) is 15.0. The van der Waals surface area contributed by atoms with Crippen molar-refractivity contribution in [1.29, 1.82) is 0 Å². The second-order valence-corrected chi connectivity index (χ2v) is 10.6. The van der Waals surface area contributed by atoms with Gasteiger partial charge in [-0.15, -0.1) is 0 Å². The summed E-state index contributed by atoms with van der Waals surface area (Å²) in [7, 11) is -3.83. The predicted octanol–water partition coefficient (Wildman–Crippen LogP) is 6.78. The number of halogens is 1. The third kappa shape index (κ3) is 4.64. The molecule has 176 valence electrons. The van der Waals surface area contributed by atoms with Crippen LogP contribution in [0.2, 0.25) is 0 Å². The highest BCUT2D eigenvalue weighted by Gasteiger charge is 2.38. The molecule has 4 aromatic carbocycles. The van der Waals surface area contributed by atoms with Crippen molar-refractivity contribution >= 4 is 21.3 Å². The first-order valence-corrected chi connectivity index (χ1v) is 13.1. The molecule has 0 aliphatic carbocycles. The van der Waals surface area contributed by atoms with Crippen molar-refractivity contribution in [1.82, 2.24) is 0 Å². The summed E-state index contributed by atoms with van der Waals surface area (Å²) in [6.45, 7) is 1.92. The number of sulfonamides is 1. The van der Waals surface area contributed by atoms with Crippen LogP contribution in [-0.2, 0) is 16.4 Å². The van der Waals surface area contributed by atoms with Gasteiger partial charge in [0.15, 0.2) is 0 Å². The number of aryl methyl sites for hydroxylation is 1. The van der Waals surface area contributed by atoms with Gasteiger partial charge in [-0.1, -0.05) is 84.4 Å². The molecular weight excluding hydrogens is 457 g/mol. The van der Waals surface area contributed by atoms with Crippen molar-refractivity contribution in [2.45, 2.75) is 30.7 Å². The van der Waals surface area contributed by atoms with E-state index in [-0.39, 0.29) is 16.8 Å². The number of benzene rings is 4. The fourth-order valence-electron chi connectivity index (χ4n) is 4.69. The van der Waals surface area contributed by atoms with E-state index in [4.69, 9.17) is 0 Å². The zero-order valence-electron chi connectivity index (χ0n) is 19.4. The van der Waals surface area contributed by atoms with Crippen LogP contribution >= 0.6 is 0 Å². The van der Waals surface area contributed by atoms with Crippen molar-refractivity contribution in [3.05, 3.63) is 137 Å². The Morgan fingerprint density at radius 1 is 0.886 bits per heavy atom. The molecule has 0 unspecified atom stereocenters. The lowest BCUT2D eigenvalue weighted by Gasteiger charge is -2.27. The van der Waals surface area contributed by atoms with Gasteiger partial charge in [0, 0.05) is 0 Å². The summed E-state index contributed by atoms with van der Waals surface area (Å²) >= 11 is 0. The van der Waals surface area contributed by atoms with Gasteiger partial charge in [0.1, 0.15) is 5.82 Å². The van der Waals surface area contributed by atoms with Crippen LogP contribution in [0.1, 0.15) is 28.7 Å². The molecule has 3 nitrogen and oxygen atoms in total. The van der Waals surface area contributed by atoms with Crippen LogP contribution in [0.5, 0.6) is 0 Å². The molecule has 35 heavy (non-hydrogen) atoms. The summed E-state index contributed by atoms with van der Waals surface area (Å²) in [5.74, 6) is -0.359. The van der Waals surface area contributed by atoms with E-state index >= 15 is 0 Å². The molecule has 1 atom stereocenters. The Morgan fingerprint density at radius 3 is 2.09 bits per heavy atom. The van der Waals surface area contributed by atoms with Crippen LogP contribution in [-0.4, -0.2) is 14.5 Å². The van der Waals surface area contributed by atoms with Crippen molar-refractivity contribution in [3.8, 4) is 0 Å². The van der Waals surface area contributed by atoms with Crippen LogP contribution < -0.4 is 4.31 Å². The Morgan fingerprint density at radius 2 is 1.49 bits per heavy atom. The van der Waals surface area contributed by atoms with Crippen molar-refractivity contribution in [2.24, 2.45) is 0 Å². The fourth-order valence-corrected chi connectivity index (χ4v) is 6.38. The first-order chi connectivity index (χ1) is 16.9. The van der Waals surface area contributed by atoms with E-state index in [2.05, 4.69) is 30.3 Å². The largest absolute Gasteiger partial charge is 0.264 e. The van der Waals surface area contributed by atoms with Gasteiger partial charge in [0.2, 0.25) is 0 Å². The molecule has 1 aliphatic rings. The lowest BCUT2D eigenvalue weighted by Crippen LogP contribution is -2.37. The summed E-state index contributed by atoms with van der Waals surface area (Å²) in [5.41, 5.74) is 5.41. The highest BCUT2D eigenvalue weighted by atomic mass is 32.2. The average molecular weight is 484 g/mol. The number of hydrogen-bond acceptors (Lipinski definition) is 2. The van der Waals surface area contributed by atoms with Gasteiger partial charge in [-0.05, 0) is 72.4 Å². The molecule has 0 saturated carbocycles. The quantitative estimate of drug-likeness (QED) is 0.303. The first kappa shape index (κ1) is 23.1. The standard InChI is InChI=1S/C30H26FNO2S/c1-22-12-16-28(17-13-22)35(33,34)32-27(21-25-20-26(31)14-19-30(25)32)15-18-29(23-8-4-2-5-9-23)24-10-6-3-7-11-24/h2-14,16-20,27H,15,21H2,1H3/t27-/m0/s1. The number of anilines is 1. The molecule has 0 fully saturated rings. The van der Waals surface area contributed by atoms with Gasteiger partial charge in [0.25, 0.3) is 10.0 Å². The summed E-state index contributed by atoms with van der Waals surface area (Å²) in [4.78, 5) is 0.237. The van der Waals surface area contributed by atoms with Crippen molar-refractivity contribution < 1.29 is 12.8 Å². The van der Waals surface area contributed by atoms with Crippen LogP contribution in [0.4, 0.5) is 10.1 Å². The van der Waals surface area contributed by atoms with Crippen LogP contribution in [0.3, 0.4) is 0 Å². The molecule has 1 aliphatic heterocycles. The number of rotatable bonds is 6. The van der Waals surface area contributed by atoms with E-state index in [0.717, 1.165) is 22.3 Å². The Labute approximate surface area is 206 Å². The van der Waals surface area contributed by atoms with Crippen LogP contribution in [0.15, 0.2) is 114 Å². The number of fused-ring (bicyclic) bond motifs is 1. The van der Waals surface area contributed by atoms with E-state index in [1.54, 1.807) is 30.3 Å². The van der Waals surface area contributed by atoms with Crippen LogP contribution in [0, 0.1) is 12.7 Å². The molecule has 0 bridgehead atoms. The third-order valence-electron chi connectivity index (χ3n) is 6.41. The topological polar surface area (TPSA) is 37.4 Å². The summed E-state index contributed by atoms with van der Waals surface area (Å²) in [6, 6.07) is 31.0. The monoisotopic (exact) mass is 483 g/mol. The maximum absolute atomic E-state index is 14.1. The Balaban J connectivity index is 1.57. The molecule has 5 rings (SSSR count). The summed E-state index contributed by atoms with van der Waals surface area (Å²) < 4.78 is 43.1. The Kier molecular flexibility index (Phi) is 6.27. The number of hydrogen-bond donors (Lipinski definition) is 0. The molecule has 4 aromatic rings. The van der Waals surface area contributed by atoms with E-state index in [9.17, 15) is 12.8 Å². The van der Waals surface area contributed by atoms with Gasteiger partial charge in [0.05, 0.1) is 16.6 Å². The van der Waals surface area contributed by atoms with Crippen molar-refractivity contribution in [2.75, 3.05) is 4.31 Å². The lowest BCUT2D eigenvalue weighted by molar-refractivity contribution is 0.579. The second-order valence-electron chi connectivity index (χ2n) is 8.83. The van der Waals surface area contributed by atoms with Gasteiger partial charge in [-0.25, -0.2) is 12.8 Å². The van der Waals surface area contributed by atoms with Gasteiger partial charge in [-0.3, -0.25) is 4.31 Å². The molecule has 1 heterocycles. The zero-order valence-corrected chi connectivity index (χ0v) is 20.3. The third-order valence-corrected chi connectivity index (χ3v) is 8.29. The zero-order chi connectivity index (χ0) is 24.4. The Hall–Kier alpha value is -3.70. The van der Waals surface area contributed by atoms with Gasteiger partial charge < -0.3 is 0 Å². The molecule has 0 N–H and O–H groups in total. The molecule has 0 aromatic heterocycles. The first-order valence-electron chi connectivity index (χ1n) is 11.6. The predicted molar refractivity (Wildman–Crippen MR) is 139 cm³/mol. The van der Waals surface area contributed by atoms with Gasteiger partial charge in [-0.2, -0.15) is 0 Å². The minimum absolute atomic E-state index is 0.237. The Bertz CT molecular complexity index is 1420. The summed E-state index contributed by atoms with van der Waals surface area (Å²) in [5, 5.41) is 0. The molecule has 0 radical (unpaired) electrons. The number of nitrogens with zero attached hydrogens (tertiary/aromatic N) is 1. The highest BCUT2D eigenvalue weighted by Crippen LogP contribution is 2.39.